The van der Waals surface area contributed by atoms with Gasteiger partial charge >= 0.3 is 0 Å². The molecule has 0 saturated carbocycles. The summed E-state index contributed by atoms with van der Waals surface area (Å²) < 4.78 is 0. The van der Waals surface area contributed by atoms with Crippen molar-refractivity contribution in [2.75, 3.05) is 13.2 Å². The molecule has 0 spiro atoms. The van der Waals surface area contributed by atoms with Crippen molar-refractivity contribution in [3.05, 3.63) is 0 Å². The first-order chi connectivity index (χ1) is 6.46. The van der Waals surface area contributed by atoms with E-state index >= 15 is 0 Å². The fraction of sp³-hybridized carbons (Fsp3) is 0.900. The van der Waals surface area contributed by atoms with Gasteiger partial charge in [0, 0.05) is 12.5 Å². The van der Waals surface area contributed by atoms with E-state index in [1.807, 2.05) is 13.8 Å². The molecular weight excluding hydrogens is 182 g/mol. The maximum Gasteiger partial charge on any atom is 0.223 e. The van der Waals surface area contributed by atoms with Gasteiger partial charge in [-0.1, -0.05) is 13.8 Å². The van der Waals surface area contributed by atoms with Crippen LogP contribution in [0.15, 0.2) is 0 Å². The van der Waals surface area contributed by atoms with Crippen LogP contribution in [0.4, 0.5) is 0 Å². The van der Waals surface area contributed by atoms with Gasteiger partial charge in [0.15, 0.2) is 0 Å². The summed E-state index contributed by atoms with van der Waals surface area (Å²) in [5.41, 5.74) is -1.22. The van der Waals surface area contributed by atoms with Gasteiger partial charge in [-0.05, 0) is 19.8 Å². The number of carbonyl (C=O) groups excluding carboxylic acids is 1. The third-order valence-electron chi connectivity index (χ3n) is 2.34. The normalized spacial score (nSPS) is 15.3. The molecule has 0 radical (unpaired) electrons. The second-order valence-corrected chi connectivity index (χ2v) is 3.89. The third kappa shape index (κ3) is 4.58. The Labute approximate surface area is 85.3 Å². The highest BCUT2D eigenvalue weighted by atomic mass is 16.3. The highest BCUT2D eigenvalue weighted by Crippen LogP contribution is 2.07. The van der Waals surface area contributed by atoms with E-state index in [0.717, 1.165) is 12.8 Å². The minimum Gasteiger partial charge on any atom is -0.393 e. The smallest absolute Gasteiger partial charge is 0.223 e. The zero-order valence-corrected chi connectivity index (χ0v) is 9.21. The first kappa shape index (κ1) is 13.4. The molecule has 0 bridgehead atoms. The zero-order chi connectivity index (χ0) is 11.2. The largest absolute Gasteiger partial charge is 0.393 e. The molecule has 1 atom stereocenters. The Kier molecular flexibility index (Phi) is 5.72. The highest BCUT2D eigenvalue weighted by Gasteiger charge is 2.21. The SMILES string of the molecule is CCC(CC)C(=O)NCC(C)(O)CO. The summed E-state index contributed by atoms with van der Waals surface area (Å²) in [7, 11) is 0. The van der Waals surface area contributed by atoms with E-state index < -0.39 is 5.60 Å². The Hall–Kier alpha value is -0.610. The van der Waals surface area contributed by atoms with Gasteiger partial charge in [-0.2, -0.15) is 0 Å². The lowest BCUT2D eigenvalue weighted by Gasteiger charge is -2.22. The van der Waals surface area contributed by atoms with Crippen molar-refractivity contribution in [2.45, 2.75) is 39.2 Å². The maximum atomic E-state index is 11.5. The predicted octanol–water partition coefficient (Wildman–Crippen LogP) is 0.282. The van der Waals surface area contributed by atoms with Crippen molar-refractivity contribution in [1.29, 1.82) is 0 Å². The maximum absolute atomic E-state index is 11.5. The lowest BCUT2D eigenvalue weighted by Crippen LogP contribution is -2.44. The van der Waals surface area contributed by atoms with Crippen molar-refractivity contribution in [2.24, 2.45) is 5.92 Å². The summed E-state index contributed by atoms with van der Waals surface area (Å²) in [5.74, 6) is -0.0479. The summed E-state index contributed by atoms with van der Waals surface area (Å²) in [6.07, 6.45) is 1.59. The molecule has 0 aliphatic rings. The Morgan fingerprint density at radius 3 is 2.29 bits per heavy atom. The van der Waals surface area contributed by atoms with E-state index in [9.17, 15) is 9.90 Å². The number of aliphatic hydroxyl groups excluding tert-OH is 1. The van der Waals surface area contributed by atoms with Crippen LogP contribution in [0.25, 0.3) is 0 Å². The van der Waals surface area contributed by atoms with Gasteiger partial charge in [0.25, 0.3) is 0 Å². The van der Waals surface area contributed by atoms with Gasteiger partial charge in [0.05, 0.1) is 6.61 Å². The first-order valence-corrected chi connectivity index (χ1v) is 5.07. The van der Waals surface area contributed by atoms with Crippen LogP contribution in [0, 0.1) is 5.92 Å². The molecule has 0 heterocycles. The lowest BCUT2D eigenvalue weighted by atomic mass is 10.0. The monoisotopic (exact) mass is 203 g/mol. The van der Waals surface area contributed by atoms with E-state index in [4.69, 9.17) is 5.11 Å². The molecular formula is C10H21NO3. The number of rotatable bonds is 6. The van der Waals surface area contributed by atoms with E-state index in [1.54, 1.807) is 0 Å². The number of amides is 1. The Bertz CT molecular complexity index is 176. The molecule has 0 aromatic carbocycles. The molecule has 3 N–H and O–H groups in total. The quantitative estimate of drug-likeness (QED) is 0.581. The summed E-state index contributed by atoms with van der Waals surface area (Å²) in [6, 6.07) is 0. The van der Waals surface area contributed by atoms with Crippen LogP contribution < -0.4 is 5.32 Å². The predicted molar refractivity (Wildman–Crippen MR) is 54.8 cm³/mol. The highest BCUT2D eigenvalue weighted by molar-refractivity contribution is 5.78. The summed E-state index contributed by atoms with van der Waals surface area (Å²) >= 11 is 0. The molecule has 4 heteroatoms. The molecule has 0 fully saturated rings. The fourth-order valence-electron chi connectivity index (χ4n) is 1.14. The van der Waals surface area contributed by atoms with Gasteiger partial charge in [0.2, 0.25) is 5.91 Å². The van der Waals surface area contributed by atoms with Gasteiger partial charge in [-0.25, -0.2) is 0 Å². The van der Waals surface area contributed by atoms with Crippen molar-refractivity contribution < 1.29 is 15.0 Å². The fourth-order valence-corrected chi connectivity index (χ4v) is 1.14. The third-order valence-corrected chi connectivity index (χ3v) is 2.34. The standard InChI is InChI=1S/C10H21NO3/c1-4-8(5-2)9(13)11-6-10(3,14)7-12/h8,12,14H,4-7H2,1-3H3,(H,11,13). The molecule has 84 valence electrons. The average Bonchev–Trinajstić information content (AvgIpc) is 2.17. The van der Waals surface area contributed by atoms with Crippen molar-refractivity contribution >= 4 is 5.91 Å². The number of hydrogen-bond donors (Lipinski definition) is 3. The number of hydrogen-bond acceptors (Lipinski definition) is 3. The molecule has 0 aromatic heterocycles. The summed E-state index contributed by atoms with van der Waals surface area (Å²) in [6.45, 7) is 5.14. The van der Waals surface area contributed by atoms with Crippen LogP contribution in [0.3, 0.4) is 0 Å². The Balaban J connectivity index is 3.95. The Morgan fingerprint density at radius 1 is 1.43 bits per heavy atom. The second-order valence-electron chi connectivity index (χ2n) is 3.89. The first-order valence-electron chi connectivity index (χ1n) is 5.07. The summed E-state index contributed by atoms with van der Waals surface area (Å²) in [5, 5.41) is 20.8. The van der Waals surface area contributed by atoms with Crippen LogP contribution in [0.2, 0.25) is 0 Å². The molecule has 0 aromatic rings. The molecule has 0 aliphatic heterocycles. The van der Waals surface area contributed by atoms with E-state index in [0.29, 0.717) is 0 Å². The van der Waals surface area contributed by atoms with Gasteiger partial charge in [-0.3, -0.25) is 4.79 Å². The van der Waals surface area contributed by atoms with Crippen molar-refractivity contribution in [1.82, 2.24) is 5.32 Å². The van der Waals surface area contributed by atoms with Crippen LogP contribution in [0.1, 0.15) is 33.6 Å². The number of nitrogens with one attached hydrogen (secondary N) is 1. The Morgan fingerprint density at radius 2 is 1.93 bits per heavy atom. The molecule has 1 unspecified atom stereocenters. The summed E-state index contributed by atoms with van der Waals surface area (Å²) in [4.78, 5) is 11.5. The lowest BCUT2D eigenvalue weighted by molar-refractivity contribution is -0.126. The number of aliphatic hydroxyl groups is 2. The van der Waals surface area contributed by atoms with Crippen LogP contribution in [0.5, 0.6) is 0 Å². The second kappa shape index (κ2) is 5.98. The molecule has 0 aliphatic carbocycles. The molecule has 14 heavy (non-hydrogen) atoms. The molecule has 1 amide bonds. The van der Waals surface area contributed by atoms with Crippen molar-refractivity contribution in [3.8, 4) is 0 Å². The van der Waals surface area contributed by atoms with E-state index in [2.05, 4.69) is 5.32 Å². The molecule has 0 saturated heterocycles. The number of carbonyl (C=O) groups is 1. The van der Waals surface area contributed by atoms with Crippen LogP contribution in [-0.4, -0.2) is 34.9 Å². The van der Waals surface area contributed by atoms with E-state index in [1.165, 1.54) is 6.92 Å². The van der Waals surface area contributed by atoms with Gasteiger partial charge in [0.1, 0.15) is 5.60 Å². The molecule has 0 rings (SSSR count). The zero-order valence-electron chi connectivity index (χ0n) is 9.21. The minimum absolute atomic E-state index is 0.00416. The van der Waals surface area contributed by atoms with Gasteiger partial charge in [-0.15, -0.1) is 0 Å². The topological polar surface area (TPSA) is 69.6 Å². The average molecular weight is 203 g/mol. The molecule has 4 nitrogen and oxygen atoms in total. The van der Waals surface area contributed by atoms with E-state index in [-0.39, 0.29) is 25.0 Å². The van der Waals surface area contributed by atoms with Gasteiger partial charge < -0.3 is 15.5 Å². The van der Waals surface area contributed by atoms with Crippen LogP contribution >= 0.6 is 0 Å². The minimum atomic E-state index is -1.22. The van der Waals surface area contributed by atoms with Crippen LogP contribution in [-0.2, 0) is 4.79 Å². The van der Waals surface area contributed by atoms with Crippen molar-refractivity contribution in [3.63, 3.8) is 0 Å².